The van der Waals surface area contributed by atoms with Crippen LogP contribution in [0.3, 0.4) is 0 Å². The Bertz CT molecular complexity index is 1380. The topological polar surface area (TPSA) is 78.7 Å². The molecule has 1 fully saturated rings. The molecule has 1 aliphatic heterocycles. The van der Waals surface area contributed by atoms with Crippen LogP contribution in [0.25, 0.3) is 3.58 Å². The summed E-state index contributed by atoms with van der Waals surface area (Å²) >= 11 is 3.28. The molecule has 4 rings (SSSR count). The van der Waals surface area contributed by atoms with Gasteiger partial charge in [0, 0.05) is 60.2 Å². The Balaban J connectivity index is 1.59. The lowest BCUT2D eigenvalue weighted by molar-refractivity contribution is -0.384. The van der Waals surface area contributed by atoms with Gasteiger partial charge in [-0.05, 0) is 83.2 Å². The van der Waals surface area contributed by atoms with E-state index in [1.807, 2.05) is 22.6 Å². The van der Waals surface area contributed by atoms with Crippen LogP contribution in [0.4, 0.5) is 20.2 Å². The second-order valence-electron chi connectivity index (χ2n) is 9.45. The highest BCUT2D eigenvalue weighted by Gasteiger charge is 2.22. The lowest BCUT2D eigenvalue weighted by Crippen LogP contribution is -2.45. The van der Waals surface area contributed by atoms with Crippen molar-refractivity contribution < 1.29 is 18.5 Å². The molecule has 1 heterocycles. The van der Waals surface area contributed by atoms with Gasteiger partial charge in [-0.1, -0.05) is 18.2 Å². The SMILES string of the molecule is CN1CCN(CCNc2ccc(C(I)=C(SCc3ccc(F)cc3)C(=O)c3ccc(F)cc3)cc2[N+](=O)[O-])CC1. The molecule has 1 saturated heterocycles. The predicted octanol–water partition coefficient (Wildman–Crippen LogP) is 6.45. The third-order valence-corrected chi connectivity index (χ3v) is 9.28. The minimum Gasteiger partial charge on any atom is -0.378 e. The fourth-order valence-corrected chi connectivity index (χ4v) is 6.26. The number of allylic oxidation sites excluding steroid dienone is 1. The molecule has 0 saturated carbocycles. The number of anilines is 1. The number of nitro groups is 1. The average molecular weight is 679 g/mol. The number of carbonyl (C=O) groups excluding carboxylic acids is 1. The van der Waals surface area contributed by atoms with Crippen LogP contribution in [-0.4, -0.2) is 66.8 Å². The second-order valence-corrected chi connectivity index (χ2v) is 11.5. The highest BCUT2D eigenvalue weighted by molar-refractivity contribution is 14.1. The van der Waals surface area contributed by atoms with Crippen LogP contribution in [0.2, 0.25) is 0 Å². The molecule has 1 N–H and O–H groups in total. The van der Waals surface area contributed by atoms with E-state index >= 15 is 0 Å². The van der Waals surface area contributed by atoms with Gasteiger partial charge in [-0.15, -0.1) is 11.8 Å². The number of thioether (sulfide) groups is 1. The van der Waals surface area contributed by atoms with Gasteiger partial charge in [0.15, 0.2) is 5.78 Å². The zero-order valence-corrected chi connectivity index (χ0v) is 24.9. The van der Waals surface area contributed by atoms with Crippen LogP contribution in [0.5, 0.6) is 0 Å². The zero-order chi connectivity index (χ0) is 28.6. The van der Waals surface area contributed by atoms with Crippen molar-refractivity contribution in [3.63, 3.8) is 0 Å². The number of nitrogens with zero attached hydrogens (tertiary/aromatic N) is 3. The number of benzene rings is 3. The van der Waals surface area contributed by atoms with Crippen LogP contribution in [0, 0.1) is 21.7 Å². The number of nitro benzene ring substituents is 1. The summed E-state index contributed by atoms with van der Waals surface area (Å²) in [5.41, 5.74) is 1.97. The molecule has 0 aromatic heterocycles. The smallest absolute Gasteiger partial charge is 0.292 e. The van der Waals surface area contributed by atoms with E-state index in [9.17, 15) is 23.7 Å². The molecule has 11 heteroatoms. The minimum absolute atomic E-state index is 0.0813. The van der Waals surface area contributed by atoms with Crippen molar-refractivity contribution >= 4 is 55.1 Å². The normalized spacial score (nSPS) is 15.0. The standard InChI is InChI=1S/C29H29F2IN4O3S/c1-34-14-16-35(17-15-34)13-12-33-25-11-6-22(18-26(25)36(38)39)27(32)29(28(37)21-4-9-24(31)10-5-21)40-19-20-2-7-23(30)8-3-20/h2-11,18,33H,12-17,19H2,1H3. The second kappa shape index (κ2) is 14.2. The van der Waals surface area contributed by atoms with E-state index in [2.05, 4.69) is 22.2 Å². The first-order valence-electron chi connectivity index (χ1n) is 12.7. The summed E-state index contributed by atoms with van der Waals surface area (Å²) in [7, 11) is 2.09. The maximum absolute atomic E-state index is 13.5. The lowest BCUT2D eigenvalue weighted by atomic mass is 10.1. The first-order chi connectivity index (χ1) is 19.2. The molecule has 7 nitrogen and oxygen atoms in total. The molecule has 0 radical (unpaired) electrons. The van der Waals surface area contributed by atoms with Gasteiger partial charge in [-0.25, -0.2) is 8.78 Å². The Morgan fingerprint density at radius 2 is 1.57 bits per heavy atom. The quantitative estimate of drug-likeness (QED) is 0.0822. The first-order valence-corrected chi connectivity index (χ1v) is 14.8. The largest absolute Gasteiger partial charge is 0.378 e. The number of hydrogen-bond acceptors (Lipinski definition) is 7. The number of piperazine rings is 1. The zero-order valence-electron chi connectivity index (χ0n) is 21.9. The van der Waals surface area contributed by atoms with E-state index in [4.69, 9.17) is 0 Å². The maximum atomic E-state index is 13.5. The van der Waals surface area contributed by atoms with Gasteiger partial charge in [0.2, 0.25) is 0 Å². The first kappa shape index (κ1) is 30.1. The summed E-state index contributed by atoms with van der Waals surface area (Å²) in [5, 5.41) is 15.2. The van der Waals surface area contributed by atoms with Crippen LogP contribution in [0.15, 0.2) is 71.6 Å². The molecule has 0 atom stereocenters. The van der Waals surface area contributed by atoms with Crippen molar-refractivity contribution in [2.24, 2.45) is 0 Å². The van der Waals surface area contributed by atoms with Gasteiger partial charge in [0.05, 0.1) is 9.83 Å². The summed E-state index contributed by atoms with van der Waals surface area (Å²) in [6, 6.07) is 16.1. The van der Waals surface area contributed by atoms with Crippen molar-refractivity contribution in [2.75, 3.05) is 51.6 Å². The third kappa shape index (κ3) is 8.09. The molecule has 3 aromatic rings. The van der Waals surface area contributed by atoms with Crippen molar-refractivity contribution in [1.82, 2.24) is 9.80 Å². The third-order valence-electron chi connectivity index (χ3n) is 6.60. The number of nitrogens with one attached hydrogen (secondary N) is 1. The molecule has 40 heavy (non-hydrogen) atoms. The number of likely N-dealkylation sites (N-methyl/N-ethyl adjacent to an activating group) is 1. The van der Waals surface area contributed by atoms with Gasteiger partial charge < -0.3 is 10.2 Å². The van der Waals surface area contributed by atoms with E-state index in [1.165, 1.54) is 54.2 Å². The van der Waals surface area contributed by atoms with E-state index in [-0.39, 0.29) is 17.3 Å². The molecule has 0 bridgehead atoms. The molecule has 3 aromatic carbocycles. The molecule has 0 spiro atoms. The molecule has 0 aliphatic carbocycles. The number of Topliss-reactive ketones (excluding diaryl/α,β-unsaturated/α-hetero) is 1. The summed E-state index contributed by atoms with van der Waals surface area (Å²) in [6.07, 6.45) is 0. The summed E-state index contributed by atoms with van der Waals surface area (Å²) in [5.74, 6) is -0.759. The molecular formula is C29H29F2IN4O3S. The van der Waals surface area contributed by atoms with Crippen molar-refractivity contribution in [2.45, 2.75) is 5.75 Å². The Morgan fingerprint density at radius 1 is 0.975 bits per heavy atom. The van der Waals surface area contributed by atoms with Gasteiger partial charge in [0.1, 0.15) is 17.3 Å². The van der Waals surface area contributed by atoms with Crippen LogP contribution >= 0.6 is 34.4 Å². The number of carbonyl (C=O) groups is 1. The van der Waals surface area contributed by atoms with E-state index < -0.39 is 10.7 Å². The number of hydrogen-bond donors (Lipinski definition) is 1. The van der Waals surface area contributed by atoms with Crippen LogP contribution in [0.1, 0.15) is 21.5 Å². The number of halogens is 3. The van der Waals surface area contributed by atoms with Gasteiger partial charge in [-0.3, -0.25) is 19.8 Å². The summed E-state index contributed by atoms with van der Waals surface area (Å²) in [6.45, 7) is 5.26. The van der Waals surface area contributed by atoms with Crippen molar-refractivity contribution in [3.05, 3.63) is 110 Å². The van der Waals surface area contributed by atoms with Crippen molar-refractivity contribution in [1.29, 1.82) is 0 Å². The van der Waals surface area contributed by atoms with E-state index in [0.29, 0.717) is 37.6 Å². The highest BCUT2D eigenvalue weighted by atomic mass is 127. The fourth-order valence-electron chi connectivity index (χ4n) is 4.22. The average Bonchev–Trinajstić information content (AvgIpc) is 2.95. The molecule has 1 aliphatic rings. The van der Waals surface area contributed by atoms with Gasteiger partial charge in [0.25, 0.3) is 5.69 Å². The van der Waals surface area contributed by atoms with Gasteiger partial charge in [-0.2, -0.15) is 0 Å². The monoisotopic (exact) mass is 678 g/mol. The molecule has 210 valence electrons. The Kier molecular flexibility index (Phi) is 10.6. The highest BCUT2D eigenvalue weighted by Crippen LogP contribution is 2.39. The molecule has 0 unspecified atom stereocenters. The van der Waals surface area contributed by atoms with E-state index in [0.717, 1.165) is 38.3 Å². The maximum Gasteiger partial charge on any atom is 0.292 e. The lowest BCUT2D eigenvalue weighted by Gasteiger charge is -2.32. The Morgan fingerprint density at radius 3 is 2.20 bits per heavy atom. The Labute approximate surface area is 249 Å². The number of ketones is 1. The predicted molar refractivity (Wildman–Crippen MR) is 165 cm³/mol. The summed E-state index contributed by atoms with van der Waals surface area (Å²) < 4.78 is 27.4. The fraction of sp³-hybridized carbons (Fsp3) is 0.276. The molecular weight excluding hydrogens is 649 g/mol. The van der Waals surface area contributed by atoms with E-state index in [1.54, 1.807) is 24.3 Å². The van der Waals surface area contributed by atoms with Crippen LogP contribution in [-0.2, 0) is 5.75 Å². The minimum atomic E-state index is -0.456. The molecule has 0 amide bonds. The van der Waals surface area contributed by atoms with Crippen molar-refractivity contribution in [3.8, 4) is 0 Å². The van der Waals surface area contributed by atoms with Gasteiger partial charge >= 0.3 is 0 Å². The number of rotatable bonds is 11. The summed E-state index contributed by atoms with van der Waals surface area (Å²) in [4.78, 5) is 30.0. The Hall–Kier alpha value is -2.87. The van der Waals surface area contributed by atoms with Crippen LogP contribution < -0.4 is 5.32 Å².